The third-order valence-electron chi connectivity index (χ3n) is 2.71. The van der Waals surface area contributed by atoms with Crippen LogP contribution in [0.15, 0.2) is 32.1 Å². The summed E-state index contributed by atoms with van der Waals surface area (Å²) in [6, 6.07) is 8.37. The van der Waals surface area contributed by atoms with Gasteiger partial charge in [-0.15, -0.1) is 0 Å². The average Bonchev–Trinajstić information content (AvgIpc) is 2.30. The van der Waals surface area contributed by atoms with Crippen molar-refractivity contribution < 1.29 is 0 Å². The van der Waals surface area contributed by atoms with Crippen LogP contribution in [0.25, 0.3) is 5.57 Å². The van der Waals surface area contributed by atoms with Crippen molar-refractivity contribution in [3.05, 3.63) is 37.7 Å². The van der Waals surface area contributed by atoms with Crippen LogP contribution < -0.4 is 0 Å². The van der Waals surface area contributed by atoms with E-state index in [0.29, 0.717) is 0 Å². The van der Waals surface area contributed by atoms with Gasteiger partial charge in [0.2, 0.25) is 0 Å². The molecule has 0 spiro atoms. The predicted octanol–water partition coefficient (Wildman–Crippen LogP) is 6.88. The number of hydrogen-bond acceptors (Lipinski definition) is 0. The molecular weight excluding hydrogens is 408 g/mol. The van der Waals surface area contributed by atoms with Crippen LogP contribution in [0, 0.1) is 0 Å². The molecule has 0 aromatic heterocycles. The van der Waals surface area contributed by atoms with Crippen LogP contribution in [0.1, 0.15) is 44.6 Å². The number of allylic oxidation sites excluding steroid dienone is 1. The highest BCUT2D eigenvalue weighted by molar-refractivity contribution is 9.28. The highest BCUT2D eigenvalue weighted by Crippen LogP contribution is 2.35. The first kappa shape index (κ1) is 15.5. The zero-order valence-electron chi connectivity index (χ0n) is 9.98. The number of hydrogen-bond donors (Lipinski definition) is 0. The maximum atomic E-state index is 3.61. The summed E-state index contributed by atoms with van der Waals surface area (Å²) >= 11 is 10.7. The lowest BCUT2D eigenvalue weighted by Crippen LogP contribution is -1.88. The van der Waals surface area contributed by atoms with Crippen LogP contribution in [0.5, 0.6) is 0 Å². The minimum Gasteiger partial charge on any atom is -0.0654 e. The molecule has 0 aliphatic heterocycles. The lowest BCUT2D eigenvalue weighted by Gasteiger charge is -2.10. The van der Waals surface area contributed by atoms with Crippen molar-refractivity contribution in [2.75, 3.05) is 0 Å². The smallest absolute Gasteiger partial charge is 0.0642 e. The Morgan fingerprint density at radius 2 is 1.76 bits per heavy atom. The van der Waals surface area contributed by atoms with Crippen molar-refractivity contribution >= 4 is 53.4 Å². The van der Waals surface area contributed by atoms with E-state index in [4.69, 9.17) is 0 Å². The second-order valence-electron chi connectivity index (χ2n) is 4.03. The highest BCUT2D eigenvalue weighted by Gasteiger charge is 2.08. The molecule has 0 bridgehead atoms. The fourth-order valence-corrected chi connectivity index (χ4v) is 3.11. The second-order valence-corrected chi connectivity index (χ2v) is 7.53. The zero-order chi connectivity index (χ0) is 12.7. The Balaban J connectivity index is 2.75. The Kier molecular flexibility index (Phi) is 7.72. The normalized spacial score (nSPS) is 10.4. The number of unbranched alkanes of at least 4 members (excludes halogenated alkanes) is 3. The molecule has 0 aliphatic rings. The van der Waals surface area contributed by atoms with Gasteiger partial charge in [-0.25, -0.2) is 0 Å². The largest absolute Gasteiger partial charge is 0.0654 e. The molecule has 3 heteroatoms. The minimum atomic E-state index is 1.06. The first-order valence-electron chi connectivity index (χ1n) is 5.95. The first-order chi connectivity index (χ1) is 8.16. The van der Waals surface area contributed by atoms with Gasteiger partial charge in [0.25, 0.3) is 0 Å². The summed E-state index contributed by atoms with van der Waals surface area (Å²) in [6.45, 7) is 2.24. The van der Waals surface area contributed by atoms with Crippen molar-refractivity contribution in [3.63, 3.8) is 0 Å². The molecule has 0 atom stereocenters. The van der Waals surface area contributed by atoms with E-state index >= 15 is 0 Å². The van der Waals surface area contributed by atoms with Crippen molar-refractivity contribution in [3.8, 4) is 0 Å². The molecule has 0 amide bonds. The summed E-state index contributed by atoms with van der Waals surface area (Å²) in [6.07, 6.45) is 6.25. The van der Waals surface area contributed by atoms with Crippen molar-refractivity contribution in [2.45, 2.75) is 39.0 Å². The van der Waals surface area contributed by atoms with Crippen molar-refractivity contribution in [2.24, 2.45) is 0 Å². The number of benzene rings is 1. The van der Waals surface area contributed by atoms with Gasteiger partial charge in [0, 0.05) is 4.47 Å². The molecule has 94 valence electrons. The van der Waals surface area contributed by atoms with E-state index in [-0.39, 0.29) is 0 Å². The Labute approximate surface area is 129 Å². The predicted molar refractivity (Wildman–Crippen MR) is 87.7 cm³/mol. The lowest BCUT2D eigenvalue weighted by atomic mass is 10.0. The fourth-order valence-electron chi connectivity index (χ4n) is 1.77. The maximum absolute atomic E-state index is 3.61. The molecule has 1 aromatic rings. The molecule has 0 saturated heterocycles. The Morgan fingerprint density at radius 1 is 1.06 bits per heavy atom. The minimum absolute atomic E-state index is 1.06. The summed E-state index contributed by atoms with van der Waals surface area (Å²) in [5, 5.41) is 0. The van der Waals surface area contributed by atoms with Crippen molar-refractivity contribution in [1.29, 1.82) is 0 Å². The van der Waals surface area contributed by atoms with Gasteiger partial charge in [0.1, 0.15) is 0 Å². The highest BCUT2D eigenvalue weighted by atomic mass is 79.9. The molecule has 0 N–H and O–H groups in total. The van der Waals surface area contributed by atoms with E-state index in [1.165, 1.54) is 36.8 Å². The Bertz CT molecular complexity index is 379. The molecule has 0 fully saturated rings. The molecule has 0 heterocycles. The lowest BCUT2D eigenvalue weighted by molar-refractivity contribution is 0.678. The van der Waals surface area contributed by atoms with Crippen LogP contribution in [0.3, 0.4) is 0 Å². The Hall–Kier alpha value is 0.400. The van der Waals surface area contributed by atoms with Gasteiger partial charge in [-0.2, -0.15) is 0 Å². The van der Waals surface area contributed by atoms with Gasteiger partial charge >= 0.3 is 0 Å². The maximum Gasteiger partial charge on any atom is 0.0642 e. The van der Waals surface area contributed by atoms with Gasteiger partial charge in [0.05, 0.1) is 3.39 Å². The number of rotatable bonds is 6. The summed E-state index contributed by atoms with van der Waals surface area (Å²) in [4.78, 5) is 0. The average molecular weight is 425 g/mol. The topological polar surface area (TPSA) is 0 Å². The van der Waals surface area contributed by atoms with Gasteiger partial charge in [-0.05, 0) is 61.9 Å². The van der Waals surface area contributed by atoms with Gasteiger partial charge in [0.15, 0.2) is 0 Å². The summed E-state index contributed by atoms with van der Waals surface area (Å²) in [7, 11) is 0. The molecular formula is C14H17Br3. The van der Waals surface area contributed by atoms with Gasteiger partial charge < -0.3 is 0 Å². The molecule has 0 nitrogen and oxygen atoms in total. The van der Waals surface area contributed by atoms with E-state index in [2.05, 4.69) is 72.9 Å². The molecule has 1 rings (SSSR count). The van der Waals surface area contributed by atoms with Gasteiger partial charge in [-0.3, -0.25) is 0 Å². The van der Waals surface area contributed by atoms with Crippen LogP contribution in [0.4, 0.5) is 0 Å². The standard InChI is InChI=1S/C14H17Br3/c1-2-3-4-5-9-12(14(16)17)11-8-6-7-10-13(11)15/h6-8,10H,2-5,9H2,1H3. The van der Waals surface area contributed by atoms with E-state index in [1.807, 2.05) is 6.07 Å². The molecule has 0 radical (unpaired) electrons. The van der Waals surface area contributed by atoms with Crippen LogP contribution >= 0.6 is 47.8 Å². The zero-order valence-corrected chi connectivity index (χ0v) is 14.7. The van der Waals surface area contributed by atoms with Crippen molar-refractivity contribution in [1.82, 2.24) is 0 Å². The molecule has 0 aliphatic carbocycles. The summed E-state index contributed by atoms with van der Waals surface area (Å²) in [5.41, 5.74) is 2.61. The van der Waals surface area contributed by atoms with E-state index in [9.17, 15) is 0 Å². The molecule has 0 unspecified atom stereocenters. The first-order valence-corrected chi connectivity index (χ1v) is 8.33. The van der Waals surface area contributed by atoms with Crippen LogP contribution in [-0.4, -0.2) is 0 Å². The third kappa shape index (κ3) is 5.27. The van der Waals surface area contributed by atoms with E-state index < -0.39 is 0 Å². The summed E-state index contributed by atoms with van der Waals surface area (Å²) in [5.74, 6) is 0. The molecule has 17 heavy (non-hydrogen) atoms. The third-order valence-corrected chi connectivity index (χ3v) is 4.36. The Morgan fingerprint density at radius 3 is 2.35 bits per heavy atom. The van der Waals surface area contributed by atoms with Gasteiger partial charge in [-0.1, -0.05) is 60.3 Å². The summed E-state index contributed by atoms with van der Waals surface area (Å²) < 4.78 is 2.22. The SMILES string of the molecule is CCCCCCC(=C(Br)Br)c1ccccc1Br. The molecule has 0 saturated carbocycles. The number of halogens is 3. The van der Waals surface area contributed by atoms with Crippen LogP contribution in [-0.2, 0) is 0 Å². The van der Waals surface area contributed by atoms with E-state index in [0.717, 1.165) is 14.3 Å². The van der Waals surface area contributed by atoms with Crippen LogP contribution in [0.2, 0.25) is 0 Å². The monoisotopic (exact) mass is 422 g/mol. The quantitative estimate of drug-likeness (QED) is 0.436. The molecule has 1 aromatic carbocycles. The second kappa shape index (κ2) is 8.49. The fraction of sp³-hybridized carbons (Fsp3) is 0.429. The van der Waals surface area contributed by atoms with E-state index in [1.54, 1.807) is 0 Å².